The molecule has 0 fully saturated rings. The van der Waals surface area contributed by atoms with Crippen molar-refractivity contribution in [1.29, 1.82) is 0 Å². The lowest BCUT2D eigenvalue weighted by atomic mass is 10.1. The van der Waals surface area contributed by atoms with E-state index in [1.165, 1.54) is 0 Å². The molecule has 21 heavy (non-hydrogen) atoms. The molecule has 0 spiro atoms. The number of hydrogen-bond donors (Lipinski definition) is 1. The summed E-state index contributed by atoms with van der Waals surface area (Å²) in [6.07, 6.45) is 0.648. The van der Waals surface area contributed by atoms with Gasteiger partial charge >= 0.3 is 0 Å². The van der Waals surface area contributed by atoms with Crippen LogP contribution in [-0.4, -0.2) is 26.9 Å². The average Bonchev–Trinajstić information content (AvgIpc) is 2.64. The van der Waals surface area contributed by atoms with Crippen LogP contribution in [0.5, 0.6) is 0 Å². The molecule has 1 aromatic heterocycles. The van der Waals surface area contributed by atoms with Crippen LogP contribution in [0, 0.1) is 3.57 Å². The molecular weight excluding hydrogens is 401 g/mol. The number of halogens is 2. The number of rotatable bonds is 4. The summed E-state index contributed by atoms with van der Waals surface area (Å²) in [7, 11) is 0. The fraction of sp³-hybridized carbons (Fsp3) is 0.467. The fourth-order valence-corrected chi connectivity index (χ4v) is 2.85. The summed E-state index contributed by atoms with van der Waals surface area (Å²) < 4.78 is 3.08. The Labute approximate surface area is 143 Å². The van der Waals surface area contributed by atoms with E-state index >= 15 is 0 Å². The number of nitrogens with zero attached hydrogens (tertiary/aromatic N) is 2. The second kappa shape index (κ2) is 6.52. The second-order valence-corrected chi connectivity index (χ2v) is 7.61. The summed E-state index contributed by atoms with van der Waals surface area (Å²) in [4.78, 5) is 16.8. The molecule has 2 rings (SSSR count). The summed E-state index contributed by atoms with van der Waals surface area (Å²) in [5.74, 6) is 1.32. The topological polar surface area (TPSA) is 46.9 Å². The normalized spacial score (nSPS) is 11.9. The van der Waals surface area contributed by atoms with Crippen LogP contribution >= 0.6 is 34.2 Å². The van der Waals surface area contributed by atoms with Crippen LogP contribution in [0.4, 0.5) is 0 Å². The molecule has 114 valence electrons. The van der Waals surface area contributed by atoms with Gasteiger partial charge in [0.05, 0.1) is 11.0 Å². The Kier molecular flexibility index (Phi) is 5.14. The minimum absolute atomic E-state index is 0.0174. The van der Waals surface area contributed by atoms with Crippen LogP contribution < -0.4 is 5.32 Å². The van der Waals surface area contributed by atoms with Crippen LogP contribution in [0.2, 0.25) is 0 Å². The van der Waals surface area contributed by atoms with E-state index in [4.69, 9.17) is 11.6 Å². The van der Waals surface area contributed by atoms with Gasteiger partial charge in [0, 0.05) is 21.4 Å². The fourth-order valence-electron chi connectivity index (χ4n) is 2.21. The first-order valence-electron chi connectivity index (χ1n) is 6.82. The molecule has 0 aliphatic carbocycles. The number of amides is 1. The SMILES string of the molecule is CC(C)(C)NC(=O)Cn1c(CCCl)nc2cc(I)ccc21. The first-order chi connectivity index (χ1) is 9.80. The Morgan fingerprint density at radius 3 is 2.76 bits per heavy atom. The smallest absolute Gasteiger partial charge is 0.240 e. The maximum absolute atomic E-state index is 12.2. The number of carbonyl (C=O) groups is 1. The maximum Gasteiger partial charge on any atom is 0.240 e. The molecule has 0 saturated carbocycles. The van der Waals surface area contributed by atoms with Gasteiger partial charge < -0.3 is 9.88 Å². The van der Waals surface area contributed by atoms with Gasteiger partial charge in [-0.1, -0.05) is 0 Å². The Balaban J connectivity index is 2.36. The third-order valence-corrected chi connectivity index (χ3v) is 3.78. The van der Waals surface area contributed by atoms with E-state index in [-0.39, 0.29) is 18.0 Å². The number of aromatic nitrogens is 2. The van der Waals surface area contributed by atoms with Crippen LogP contribution in [0.15, 0.2) is 18.2 Å². The van der Waals surface area contributed by atoms with Crippen molar-refractivity contribution in [2.45, 2.75) is 39.3 Å². The Hall–Kier alpha value is -0.820. The van der Waals surface area contributed by atoms with Crippen LogP contribution in [0.1, 0.15) is 26.6 Å². The van der Waals surface area contributed by atoms with Crippen LogP contribution in [-0.2, 0) is 17.8 Å². The molecule has 1 N–H and O–H groups in total. The van der Waals surface area contributed by atoms with Gasteiger partial charge in [-0.15, -0.1) is 11.6 Å². The molecule has 1 amide bonds. The van der Waals surface area contributed by atoms with Gasteiger partial charge in [0.1, 0.15) is 12.4 Å². The van der Waals surface area contributed by atoms with Gasteiger partial charge in [0.2, 0.25) is 5.91 Å². The number of carbonyl (C=O) groups excluding carboxylic acids is 1. The molecule has 0 saturated heterocycles. The van der Waals surface area contributed by atoms with Gasteiger partial charge in [0.25, 0.3) is 0 Å². The predicted octanol–water partition coefficient (Wildman–Crippen LogP) is 3.34. The standard InChI is InChI=1S/C15H19ClIN3O/c1-15(2,3)19-14(21)9-20-12-5-4-10(17)8-11(12)18-13(20)6-7-16/h4-5,8H,6-7,9H2,1-3H3,(H,19,21). The van der Waals surface area contributed by atoms with E-state index in [9.17, 15) is 4.79 Å². The molecule has 0 atom stereocenters. The van der Waals surface area contributed by atoms with E-state index in [0.29, 0.717) is 12.3 Å². The van der Waals surface area contributed by atoms with Crippen molar-refractivity contribution in [3.63, 3.8) is 0 Å². The molecule has 0 radical (unpaired) electrons. The molecule has 1 aromatic carbocycles. The van der Waals surface area contributed by atoms with Crippen LogP contribution in [0.3, 0.4) is 0 Å². The van der Waals surface area contributed by atoms with Crippen LogP contribution in [0.25, 0.3) is 11.0 Å². The lowest BCUT2D eigenvalue weighted by Crippen LogP contribution is -2.42. The Morgan fingerprint density at radius 1 is 1.43 bits per heavy atom. The summed E-state index contributed by atoms with van der Waals surface area (Å²) in [5, 5.41) is 2.98. The molecule has 4 nitrogen and oxygen atoms in total. The molecule has 2 aromatic rings. The Bertz CT molecular complexity index is 661. The van der Waals surface area contributed by atoms with Crippen molar-refractivity contribution in [2.24, 2.45) is 0 Å². The van der Waals surface area contributed by atoms with Gasteiger partial charge in [-0.25, -0.2) is 4.98 Å². The summed E-state index contributed by atoms with van der Waals surface area (Å²) in [6, 6.07) is 6.05. The zero-order valence-corrected chi connectivity index (χ0v) is 15.3. The third-order valence-electron chi connectivity index (χ3n) is 2.92. The monoisotopic (exact) mass is 419 g/mol. The quantitative estimate of drug-likeness (QED) is 0.610. The van der Waals surface area contributed by atoms with Crippen molar-refractivity contribution in [1.82, 2.24) is 14.9 Å². The number of hydrogen-bond acceptors (Lipinski definition) is 2. The Morgan fingerprint density at radius 2 is 2.14 bits per heavy atom. The lowest BCUT2D eigenvalue weighted by molar-refractivity contribution is -0.123. The summed E-state index contributed by atoms with van der Waals surface area (Å²) >= 11 is 8.11. The van der Waals surface area contributed by atoms with Gasteiger partial charge in [-0.2, -0.15) is 0 Å². The number of alkyl halides is 1. The van der Waals surface area contributed by atoms with E-state index in [1.54, 1.807) is 0 Å². The van der Waals surface area contributed by atoms with Crippen molar-refractivity contribution < 1.29 is 4.79 Å². The largest absolute Gasteiger partial charge is 0.350 e. The van der Waals surface area contributed by atoms with Gasteiger partial charge in [-0.05, 0) is 61.6 Å². The summed E-state index contributed by atoms with van der Waals surface area (Å²) in [5.41, 5.74) is 1.64. The van der Waals surface area contributed by atoms with E-state index in [1.807, 2.05) is 43.5 Å². The first kappa shape index (κ1) is 16.5. The second-order valence-electron chi connectivity index (χ2n) is 5.98. The average molecular weight is 420 g/mol. The zero-order chi connectivity index (χ0) is 15.6. The van der Waals surface area contributed by atoms with E-state index in [0.717, 1.165) is 20.4 Å². The number of imidazole rings is 1. The zero-order valence-electron chi connectivity index (χ0n) is 12.4. The molecule has 1 heterocycles. The highest BCUT2D eigenvalue weighted by molar-refractivity contribution is 14.1. The van der Waals surface area contributed by atoms with Crippen molar-refractivity contribution in [2.75, 3.05) is 5.88 Å². The van der Waals surface area contributed by atoms with Crippen molar-refractivity contribution >= 4 is 51.1 Å². The highest BCUT2D eigenvalue weighted by Crippen LogP contribution is 2.20. The lowest BCUT2D eigenvalue weighted by Gasteiger charge is -2.21. The summed E-state index contributed by atoms with van der Waals surface area (Å²) in [6.45, 7) is 6.18. The number of fused-ring (bicyclic) bond motifs is 1. The van der Waals surface area contributed by atoms with E-state index < -0.39 is 0 Å². The molecule has 0 unspecified atom stereocenters. The van der Waals surface area contributed by atoms with Gasteiger partial charge in [-0.3, -0.25) is 4.79 Å². The molecule has 6 heteroatoms. The number of nitrogens with one attached hydrogen (secondary N) is 1. The molecule has 0 bridgehead atoms. The first-order valence-corrected chi connectivity index (χ1v) is 8.43. The van der Waals surface area contributed by atoms with Gasteiger partial charge in [0.15, 0.2) is 0 Å². The minimum atomic E-state index is -0.241. The van der Waals surface area contributed by atoms with E-state index in [2.05, 4.69) is 32.9 Å². The molecular formula is C15H19ClIN3O. The minimum Gasteiger partial charge on any atom is -0.350 e. The number of benzene rings is 1. The number of aryl methyl sites for hydroxylation is 1. The van der Waals surface area contributed by atoms with Crippen molar-refractivity contribution in [3.8, 4) is 0 Å². The highest BCUT2D eigenvalue weighted by atomic mass is 127. The molecule has 0 aliphatic rings. The predicted molar refractivity (Wildman–Crippen MR) is 94.8 cm³/mol. The van der Waals surface area contributed by atoms with Crippen molar-refractivity contribution in [3.05, 3.63) is 27.6 Å². The third kappa shape index (κ3) is 4.32. The molecule has 0 aliphatic heterocycles. The highest BCUT2D eigenvalue weighted by Gasteiger charge is 2.17. The maximum atomic E-state index is 12.2.